The number of hydrogen-bond donors (Lipinski definition) is 1. The largest absolute Gasteiger partial charge is 0.496 e. The number of hydrogen-bond acceptors (Lipinski definition) is 3. The third-order valence-corrected chi connectivity index (χ3v) is 4.93. The van der Waals surface area contributed by atoms with Crippen LogP contribution in [0.2, 0.25) is 0 Å². The molecule has 1 aliphatic rings. The van der Waals surface area contributed by atoms with Crippen molar-refractivity contribution in [2.75, 3.05) is 7.11 Å². The predicted octanol–water partition coefficient (Wildman–Crippen LogP) is 2.80. The van der Waals surface area contributed by atoms with E-state index >= 15 is 0 Å². The zero-order valence-electron chi connectivity index (χ0n) is 15.2. The van der Waals surface area contributed by atoms with Gasteiger partial charge in [-0.25, -0.2) is 0 Å². The van der Waals surface area contributed by atoms with E-state index in [1.807, 2.05) is 55.5 Å². The van der Waals surface area contributed by atoms with Gasteiger partial charge in [0.2, 0.25) is 11.8 Å². The normalized spacial score (nSPS) is 14.5. The quantitative estimate of drug-likeness (QED) is 0.779. The SMILES string of the molecule is COc1ccccc1CN(Cc1cccc(C)c1)C(=O)C1(C(N)=O)CC1. The van der Waals surface area contributed by atoms with Crippen LogP contribution in [-0.2, 0) is 22.7 Å². The van der Waals surface area contributed by atoms with Crippen LogP contribution in [0.25, 0.3) is 0 Å². The number of aryl methyl sites for hydroxylation is 1. The van der Waals surface area contributed by atoms with E-state index in [0.29, 0.717) is 25.9 Å². The van der Waals surface area contributed by atoms with Crippen molar-refractivity contribution in [2.45, 2.75) is 32.9 Å². The summed E-state index contributed by atoms with van der Waals surface area (Å²) >= 11 is 0. The van der Waals surface area contributed by atoms with E-state index in [9.17, 15) is 9.59 Å². The molecule has 1 saturated carbocycles. The summed E-state index contributed by atoms with van der Waals surface area (Å²) in [6, 6.07) is 15.6. The molecule has 5 heteroatoms. The monoisotopic (exact) mass is 352 g/mol. The van der Waals surface area contributed by atoms with E-state index < -0.39 is 11.3 Å². The highest BCUT2D eigenvalue weighted by atomic mass is 16.5. The number of carbonyl (C=O) groups excluding carboxylic acids is 2. The van der Waals surface area contributed by atoms with Crippen LogP contribution in [0.5, 0.6) is 5.75 Å². The highest BCUT2D eigenvalue weighted by Crippen LogP contribution is 2.47. The minimum atomic E-state index is -1.04. The van der Waals surface area contributed by atoms with Crippen LogP contribution in [0.1, 0.15) is 29.5 Å². The summed E-state index contributed by atoms with van der Waals surface area (Å²) in [6.45, 7) is 2.81. The fourth-order valence-corrected chi connectivity index (χ4v) is 3.26. The fraction of sp³-hybridized carbons (Fsp3) is 0.333. The van der Waals surface area contributed by atoms with Gasteiger partial charge in [0.15, 0.2) is 0 Å². The van der Waals surface area contributed by atoms with Gasteiger partial charge >= 0.3 is 0 Å². The van der Waals surface area contributed by atoms with Gasteiger partial charge in [0, 0.05) is 18.7 Å². The average Bonchev–Trinajstić information content (AvgIpc) is 3.43. The molecule has 1 aliphatic carbocycles. The number of methoxy groups -OCH3 is 1. The predicted molar refractivity (Wildman–Crippen MR) is 99.3 cm³/mol. The Labute approximate surface area is 153 Å². The number of ether oxygens (including phenoxy) is 1. The molecule has 0 bridgehead atoms. The molecule has 2 amide bonds. The van der Waals surface area contributed by atoms with Crippen molar-refractivity contribution in [3.05, 3.63) is 65.2 Å². The van der Waals surface area contributed by atoms with Gasteiger partial charge in [-0.05, 0) is 31.4 Å². The number of para-hydroxylation sites is 1. The molecule has 2 N–H and O–H groups in total. The Balaban J connectivity index is 1.91. The molecule has 26 heavy (non-hydrogen) atoms. The van der Waals surface area contributed by atoms with Gasteiger partial charge in [0.1, 0.15) is 11.2 Å². The van der Waals surface area contributed by atoms with E-state index in [1.165, 1.54) is 0 Å². The first-order valence-electron chi connectivity index (χ1n) is 8.73. The van der Waals surface area contributed by atoms with Crippen LogP contribution < -0.4 is 10.5 Å². The van der Waals surface area contributed by atoms with Crippen molar-refractivity contribution in [3.63, 3.8) is 0 Å². The molecule has 136 valence electrons. The van der Waals surface area contributed by atoms with Gasteiger partial charge in [0.05, 0.1) is 7.11 Å². The summed E-state index contributed by atoms with van der Waals surface area (Å²) in [5.41, 5.74) is 7.54. The molecular formula is C21H24N2O3. The lowest BCUT2D eigenvalue weighted by Gasteiger charge is -2.27. The Morgan fingerprint density at radius 2 is 1.85 bits per heavy atom. The van der Waals surface area contributed by atoms with Crippen LogP contribution in [0.4, 0.5) is 0 Å². The minimum Gasteiger partial charge on any atom is -0.496 e. The average molecular weight is 352 g/mol. The van der Waals surface area contributed by atoms with Crippen molar-refractivity contribution in [1.29, 1.82) is 0 Å². The number of nitrogens with zero attached hydrogens (tertiary/aromatic N) is 1. The molecule has 0 unspecified atom stereocenters. The van der Waals surface area contributed by atoms with Gasteiger partial charge in [0.25, 0.3) is 0 Å². The molecule has 0 radical (unpaired) electrons. The molecule has 0 spiro atoms. The zero-order valence-corrected chi connectivity index (χ0v) is 15.2. The number of nitrogens with two attached hydrogens (primary N) is 1. The van der Waals surface area contributed by atoms with Crippen molar-refractivity contribution >= 4 is 11.8 Å². The Morgan fingerprint density at radius 3 is 2.46 bits per heavy atom. The summed E-state index contributed by atoms with van der Waals surface area (Å²) in [5, 5.41) is 0. The maximum Gasteiger partial charge on any atom is 0.238 e. The first-order valence-corrected chi connectivity index (χ1v) is 8.73. The van der Waals surface area contributed by atoms with Gasteiger partial charge < -0.3 is 15.4 Å². The summed E-state index contributed by atoms with van der Waals surface area (Å²) < 4.78 is 5.41. The van der Waals surface area contributed by atoms with Gasteiger partial charge in [-0.15, -0.1) is 0 Å². The number of primary amides is 1. The Morgan fingerprint density at radius 1 is 1.12 bits per heavy atom. The van der Waals surface area contributed by atoms with Crippen molar-refractivity contribution in [2.24, 2.45) is 11.1 Å². The first-order chi connectivity index (χ1) is 12.5. The van der Waals surface area contributed by atoms with Crippen LogP contribution in [0, 0.1) is 12.3 Å². The van der Waals surface area contributed by atoms with E-state index in [-0.39, 0.29) is 5.91 Å². The maximum absolute atomic E-state index is 13.1. The van der Waals surface area contributed by atoms with E-state index in [1.54, 1.807) is 12.0 Å². The van der Waals surface area contributed by atoms with Crippen molar-refractivity contribution < 1.29 is 14.3 Å². The summed E-state index contributed by atoms with van der Waals surface area (Å²) in [5.74, 6) is -0.00681. The molecule has 2 aromatic rings. The highest BCUT2D eigenvalue weighted by molar-refractivity contribution is 6.07. The lowest BCUT2D eigenvalue weighted by molar-refractivity contribution is -0.144. The topological polar surface area (TPSA) is 72.6 Å². The van der Waals surface area contributed by atoms with Crippen LogP contribution in [0.15, 0.2) is 48.5 Å². The van der Waals surface area contributed by atoms with Crippen LogP contribution >= 0.6 is 0 Å². The summed E-state index contributed by atoms with van der Waals surface area (Å²) in [7, 11) is 1.61. The van der Waals surface area contributed by atoms with Gasteiger partial charge in [-0.1, -0.05) is 48.0 Å². The van der Waals surface area contributed by atoms with Gasteiger partial charge in [-0.3, -0.25) is 9.59 Å². The van der Waals surface area contributed by atoms with E-state index in [4.69, 9.17) is 10.5 Å². The third-order valence-electron chi connectivity index (χ3n) is 4.93. The minimum absolute atomic E-state index is 0.197. The fourth-order valence-electron chi connectivity index (χ4n) is 3.26. The van der Waals surface area contributed by atoms with Crippen LogP contribution in [-0.4, -0.2) is 23.8 Å². The molecule has 1 fully saturated rings. The number of carbonyl (C=O) groups is 2. The smallest absolute Gasteiger partial charge is 0.238 e. The molecule has 0 aromatic heterocycles. The zero-order chi connectivity index (χ0) is 18.7. The molecule has 3 rings (SSSR count). The maximum atomic E-state index is 13.1. The molecular weight excluding hydrogens is 328 g/mol. The Hall–Kier alpha value is -2.82. The highest BCUT2D eigenvalue weighted by Gasteiger charge is 2.57. The van der Waals surface area contributed by atoms with Crippen LogP contribution in [0.3, 0.4) is 0 Å². The molecule has 2 aromatic carbocycles. The van der Waals surface area contributed by atoms with E-state index in [2.05, 4.69) is 0 Å². The molecule has 0 saturated heterocycles. The van der Waals surface area contributed by atoms with Crippen molar-refractivity contribution in [1.82, 2.24) is 4.90 Å². The number of amides is 2. The summed E-state index contributed by atoms with van der Waals surface area (Å²) in [6.07, 6.45) is 1.05. The number of rotatable bonds is 7. The lowest BCUT2D eigenvalue weighted by Crippen LogP contribution is -2.42. The molecule has 0 atom stereocenters. The van der Waals surface area contributed by atoms with E-state index in [0.717, 1.165) is 22.4 Å². The lowest BCUT2D eigenvalue weighted by atomic mass is 10.0. The first kappa shape index (κ1) is 18.0. The second-order valence-electron chi connectivity index (χ2n) is 6.91. The summed E-state index contributed by atoms with van der Waals surface area (Å²) in [4.78, 5) is 26.7. The Kier molecular flexibility index (Phi) is 4.98. The number of benzene rings is 2. The molecule has 0 aliphatic heterocycles. The second kappa shape index (κ2) is 7.20. The van der Waals surface area contributed by atoms with Crippen molar-refractivity contribution in [3.8, 4) is 5.75 Å². The van der Waals surface area contributed by atoms with Gasteiger partial charge in [-0.2, -0.15) is 0 Å². The molecule has 0 heterocycles. The third kappa shape index (κ3) is 3.57. The standard InChI is InChI=1S/C21H24N2O3/c1-15-6-5-7-16(12-15)13-23(20(25)21(10-11-21)19(22)24)14-17-8-3-4-9-18(17)26-2/h3-9,12H,10-11,13-14H2,1-2H3,(H2,22,24). The molecule has 5 nitrogen and oxygen atoms in total. The second-order valence-corrected chi connectivity index (χ2v) is 6.91. The Bertz CT molecular complexity index is 828.